The molecule has 3 aliphatic heterocycles. The summed E-state index contributed by atoms with van der Waals surface area (Å²) in [5.41, 5.74) is 5.71. The van der Waals surface area contributed by atoms with Crippen molar-refractivity contribution in [3.63, 3.8) is 0 Å². The number of carbonyl (C=O) groups is 2. The fourth-order valence-electron chi connectivity index (χ4n) is 14.9. The van der Waals surface area contributed by atoms with Crippen molar-refractivity contribution >= 4 is 46.1 Å². The number of benzene rings is 5. The number of ketones is 1. The minimum Gasteiger partial charge on any atom is -0.504 e. The van der Waals surface area contributed by atoms with Crippen molar-refractivity contribution in [1.82, 2.24) is 33.4 Å². The molecule has 0 amide bonds. The number of phenols is 1. The average Bonchev–Trinajstić information content (AvgIpc) is 1.58. The number of aliphatic carboxylic acids is 1. The summed E-state index contributed by atoms with van der Waals surface area (Å²) in [5, 5.41) is 42.3. The van der Waals surface area contributed by atoms with Crippen LogP contribution in [0.25, 0.3) is 11.2 Å². The number of phenolic OH excluding ortho intramolecular Hbond substituents is 1. The highest BCUT2D eigenvalue weighted by Crippen LogP contribution is 2.65. The Bertz CT molecular complexity index is 3890. The van der Waals surface area contributed by atoms with Crippen molar-refractivity contribution in [2.75, 3.05) is 66.4 Å². The van der Waals surface area contributed by atoms with Gasteiger partial charge in [0.2, 0.25) is 0 Å². The highest BCUT2D eigenvalue weighted by Gasteiger charge is 2.73. The van der Waals surface area contributed by atoms with E-state index < -0.39 is 34.6 Å². The average molecular weight is 1290 g/mol. The van der Waals surface area contributed by atoms with E-state index in [1.165, 1.54) is 63.9 Å². The van der Waals surface area contributed by atoms with E-state index in [-0.39, 0.29) is 28.8 Å². The van der Waals surface area contributed by atoms with Crippen molar-refractivity contribution in [2.45, 2.75) is 149 Å². The Labute approximate surface area is 551 Å². The molecule has 3 saturated carbocycles. The van der Waals surface area contributed by atoms with Gasteiger partial charge in [0.25, 0.3) is 5.56 Å². The second-order valence-corrected chi connectivity index (χ2v) is 28.8. The molecule has 5 heterocycles. The SMILES string of the molecule is CC(C)Cc1ccc(C(C)C(=O)O)cc1.CC(CN1c2ccccc2Sc2ccccc21)N(C)C.COc1cccc([C@@]2(O)CCCC[C@@H]2CN(C)C)c1.Cn1c(=O)c2c(ncn2C)n(C)c1=O.O=C1CC[C@@]2(O)[C@H]3Cc4ccc(O)c5c4[C@@]2(CCN3CC2CC2)[C@H]1O5. The van der Waals surface area contributed by atoms with Crippen LogP contribution < -0.4 is 25.6 Å². The Balaban J connectivity index is 0.000000129. The number of methoxy groups -OCH3 is 1. The van der Waals surface area contributed by atoms with Crippen molar-refractivity contribution in [2.24, 2.45) is 38.9 Å². The van der Waals surface area contributed by atoms with Gasteiger partial charge >= 0.3 is 11.7 Å². The van der Waals surface area contributed by atoms with E-state index in [0.29, 0.717) is 47.6 Å². The molecule has 4 N–H and O–H groups in total. The standard InChI is InChI=1S/C20H23NO4.C17H20N2S.C16H25NO2.C13H18O2.C8H10N4O2/c22-13-4-3-12-9-15-20(24)6-5-14(23)18-19(20,16(12)17(13)25-18)7-8-21(15)10-11-1-2-11;1-13(18(2)3)12-19-14-8-4-6-10-16(14)20-17-11-7-5-9-15(17)19;1-17(2)12-14-7-4-5-10-16(14,18)13-8-6-9-15(11-13)19-3;1-9(2)8-11-4-6-12(7-5-11)10(3)13(14)15;1-10-4-9-6-5(10)7(13)12(3)8(14)11(6)2/h3-4,11,15,18,22,24H,1-2,5-10H2;4-11,13H,12H2,1-3H3;6,8-9,11,14,18H,4-5,7,10,12H2,1-3H3;4-7,9-10H,8H2,1-3H3,(H,14,15);4H,1-3H3/t15-,18+,19+,20-;;14-,16+;;/m1.1../s1. The van der Waals surface area contributed by atoms with Gasteiger partial charge in [-0.05, 0) is 177 Å². The summed E-state index contributed by atoms with van der Waals surface area (Å²) in [6.45, 7) is 12.2. The number of hydrogen-bond acceptors (Lipinski definition) is 15. The van der Waals surface area contributed by atoms with Crippen molar-refractivity contribution < 1.29 is 39.5 Å². The first kappa shape index (κ1) is 68.6. The number of Topliss-reactive ketones (excluding diaryl/α,β-unsaturated/α-hetero) is 1. The number of piperidine rings is 1. The number of fused-ring (bicyclic) bond motifs is 3. The third-order valence-electron chi connectivity index (χ3n) is 20.4. The minimum atomic E-state index is -0.940. The van der Waals surface area contributed by atoms with E-state index in [2.05, 4.69) is 122 Å². The Kier molecular flexibility index (Phi) is 20.9. The Morgan fingerprint density at radius 3 is 2.12 bits per heavy atom. The van der Waals surface area contributed by atoms with Gasteiger partial charge in [0.15, 0.2) is 34.6 Å². The van der Waals surface area contributed by atoms with Gasteiger partial charge in [-0.1, -0.05) is 105 Å². The molecule has 8 atom stereocenters. The number of para-hydroxylation sites is 2. The normalized spacial score (nSPS) is 23.7. The second kappa shape index (κ2) is 28.4. The Hall–Kier alpha value is -7.26. The number of aromatic hydroxyl groups is 1. The fourth-order valence-corrected chi connectivity index (χ4v) is 16.0. The van der Waals surface area contributed by atoms with Crippen LogP contribution in [0.15, 0.2) is 135 Å². The molecule has 1 spiro atoms. The van der Waals surface area contributed by atoms with Gasteiger partial charge in [-0.3, -0.25) is 28.4 Å². The van der Waals surface area contributed by atoms with Crippen LogP contribution in [0.4, 0.5) is 11.4 Å². The summed E-state index contributed by atoms with van der Waals surface area (Å²) in [7, 11) is 14.9. The largest absolute Gasteiger partial charge is 0.504 e. The maximum absolute atomic E-state index is 12.7. The molecule has 498 valence electrons. The molecule has 0 radical (unpaired) electrons. The van der Waals surface area contributed by atoms with Crippen LogP contribution in [0.5, 0.6) is 17.2 Å². The molecule has 5 aromatic carbocycles. The van der Waals surface area contributed by atoms with Gasteiger partial charge in [0, 0.05) is 80.6 Å². The number of aromatic nitrogens is 4. The van der Waals surface area contributed by atoms with E-state index in [9.17, 15) is 34.5 Å². The first-order valence-corrected chi connectivity index (χ1v) is 33.8. The first-order chi connectivity index (χ1) is 44.3. The van der Waals surface area contributed by atoms with Crippen LogP contribution in [0, 0.1) is 17.8 Å². The molecule has 18 nitrogen and oxygen atoms in total. The molecule has 7 aromatic rings. The van der Waals surface area contributed by atoms with Crippen LogP contribution in [0.3, 0.4) is 0 Å². The smallest absolute Gasteiger partial charge is 0.332 e. The highest BCUT2D eigenvalue weighted by atomic mass is 32.2. The summed E-state index contributed by atoms with van der Waals surface area (Å²) in [4.78, 5) is 62.7. The second-order valence-electron chi connectivity index (χ2n) is 27.7. The third kappa shape index (κ3) is 13.8. The molecule has 1 saturated heterocycles. The number of anilines is 2. The molecule has 93 heavy (non-hydrogen) atoms. The molecular formula is C74H96N8O10S. The molecule has 2 aromatic heterocycles. The van der Waals surface area contributed by atoms with Crippen molar-refractivity contribution in [3.8, 4) is 17.2 Å². The topological polar surface area (TPSA) is 208 Å². The number of likely N-dealkylation sites (tertiary alicyclic amines) is 1. The number of likely N-dealkylation sites (N-methyl/N-ethyl adjacent to an activating group) is 1. The summed E-state index contributed by atoms with van der Waals surface area (Å²) >= 11 is 1.87. The number of hydrogen-bond donors (Lipinski definition) is 4. The third-order valence-corrected chi connectivity index (χ3v) is 21.6. The monoisotopic (exact) mass is 1290 g/mol. The maximum atomic E-state index is 12.7. The molecule has 14 rings (SSSR count). The van der Waals surface area contributed by atoms with Crippen LogP contribution in [-0.4, -0.2) is 151 Å². The summed E-state index contributed by atoms with van der Waals surface area (Å²) in [5.74, 6) is 1.94. The number of carboxylic acids is 1. The minimum absolute atomic E-state index is 0.0454. The summed E-state index contributed by atoms with van der Waals surface area (Å²) < 4.78 is 15.4. The molecule has 4 fully saturated rings. The lowest BCUT2D eigenvalue weighted by atomic mass is 9.49. The lowest BCUT2D eigenvalue weighted by Gasteiger charge is -2.62. The van der Waals surface area contributed by atoms with E-state index in [4.69, 9.17) is 14.6 Å². The van der Waals surface area contributed by atoms with Gasteiger partial charge in [-0.2, -0.15) is 0 Å². The maximum Gasteiger partial charge on any atom is 0.332 e. The van der Waals surface area contributed by atoms with Gasteiger partial charge < -0.3 is 49.2 Å². The number of aliphatic hydroxyl groups is 2. The van der Waals surface area contributed by atoms with Crippen LogP contribution in [0.2, 0.25) is 0 Å². The number of carboxylic acid groups (broad SMARTS) is 1. The van der Waals surface area contributed by atoms with Gasteiger partial charge in [-0.15, -0.1) is 0 Å². The first-order valence-electron chi connectivity index (χ1n) is 33.0. The Morgan fingerprint density at radius 2 is 1.49 bits per heavy atom. The zero-order valence-corrected chi connectivity index (χ0v) is 57.2. The van der Waals surface area contributed by atoms with Crippen LogP contribution in [-0.2, 0) is 54.6 Å². The van der Waals surface area contributed by atoms with Gasteiger partial charge in [-0.25, -0.2) is 9.78 Å². The number of nitrogens with zero attached hydrogens (tertiary/aromatic N) is 8. The summed E-state index contributed by atoms with van der Waals surface area (Å²) in [6.07, 6.45) is 11.1. The fraction of sp³-hybridized carbons (Fsp3) is 0.500. The molecule has 2 unspecified atom stereocenters. The van der Waals surface area contributed by atoms with Gasteiger partial charge in [0.1, 0.15) is 5.75 Å². The predicted molar refractivity (Wildman–Crippen MR) is 367 cm³/mol. The lowest BCUT2D eigenvalue weighted by Crippen LogP contribution is -2.76. The van der Waals surface area contributed by atoms with Crippen molar-refractivity contribution in [1.29, 1.82) is 0 Å². The number of carbonyl (C=O) groups excluding carboxylic acids is 1. The predicted octanol–water partition coefficient (Wildman–Crippen LogP) is 10.4. The molecular weight excluding hydrogens is 1190 g/mol. The number of imidazole rings is 1. The molecule has 2 bridgehead atoms. The molecule has 7 aliphatic rings. The quantitative estimate of drug-likeness (QED) is 0.0847. The number of aryl methyl sites for hydroxylation is 2. The molecule has 19 heteroatoms. The lowest BCUT2D eigenvalue weighted by molar-refractivity contribution is -0.188. The molecule has 4 aliphatic carbocycles. The Morgan fingerprint density at radius 1 is 0.817 bits per heavy atom. The van der Waals surface area contributed by atoms with E-state index in [0.717, 1.165) is 103 Å². The number of rotatable bonds is 13. The van der Waals surface area contributed by atoms with E-state index in [1.54, 1.807) is 38.8 Å². The van der Waals surface area contributed by atoms with Gasteiger partial charge in [0.05, 0.1) is 47.3 Å². The van der Waals surface area contributed by atoms with Crippen LogP contribution >= 0.6 is 11.8 Å². The number of ether oxygens (including phenoxy) is 2. The zero-order valence-electron chi connectivity index (χ0n) is 56.3. The van der Waals surface area contributed by atoms with E-state index in [1.807, 2.05) is 66.4 Å². The summed E-state index contributed by atoms with van der Waals surface area (Å²) in [6, 6.07) is 37.3. The van der Waals surface area contributed by atoms with Crippen LogP contribution in [0.1, 0.15) is 119 Å². The highest BCUT2D eigenvalue weighted by molar-refractivity contribution is 7.99. The zero-order chi connectivity index (χ0) is 66.8. The van der Waals surface area contributed by atoms with Crippen molar-refractivity contribution in [3.05, 3.63) is 164 Å². The van der Waals surface area contributed by atoms with E-state index >= 15 is 0 Å².